The van der Waals surface area contributed by atoms with E-state index in [-0.39, 0.29) is 0 Å². The summed E-state index contributed by atoms with van der Waals surface area (Å²) in [6.07, 6.45) is 0. The van der Waals surface area contributed by atoms with Crippen molar-refractivity contribution >= 4 is 63.0 Å². The molecule has 3 nitrogen and oxygen atoms in total. The summed E-state index contributed by atoms with van der Waals surface area (Å²) in [5.41, 5.74) is 7.49. The third kappa shape index (κ3) is 4.90. The summed E-state index contributed by atoms with van der Waals surface area (Å²) in [5, 5.41) is 4.87. The predicted molar refractivity (Wildman–Crippen MR) is 213 cm³/mol. The molecular weight excluding hydrogens is 647 g/mol. The van der Waals surface area contributed by atoms with Crippen LogP contribution in [0.4, 0.5) is 0 Å². The first-order valence-corrected chi connectivity index (χ1v) is 18.2. The second-order valence-corrected chi connectivity index (χ2v) is 14.6. The van der Waals surface area contributed by atoms with E-state index in [1.807, 2.05) is 11.3 Å². The van der Waals surface area contributed by atoms with Crippen LogP contribution in [-0.2, 0) is 0 Å². The van der Waals surface area contributed by atoms with Gasteiger partial charge in [0, 0.05) is 57.0 Å². The molecule has 0 atom stereocenters. The average molecular weight is 674 g/mol. The van der Waals surface area contributed by atoms with Crippen LogP contribution >= 0.6 is 22.7 Å². The van der Waals surface area contributed by atoms with Gasteiger partial charge in [-0.05, 0) is 64.7 Å². The van der Waals surface area contributed by atoms with Crippen molar-refractivity contribution in [2.75, 3.05) is 0 Å². The largest absolute Gasteiger partial charge is 0.208 e. The summed E-state index contributed by atoms with van der Waals surface area (Å²) in [4.78, 5) is 15.8. The first-order chi connectivity index (χ1) is 24.8. The van der Waals surface area contributed by atoms with Crippen LogP contribution in [0.3, 0.4) is 0 Å². The maximum absolute atomic E-state index is 5.29. The lowest BCUT2D eigenvalue weighted by Gasteiger charge is -2.13. The van der Waals surface area contributed by atoms with Gasteiger partial charge < -0.3 is 0 Å². The Bertz CT molecular complexity index is 2890. The minimum absolute atomic E-state index is 0.650. The summed E-state index contributed by atoms with van der Waals surface area (Å²) in [6.45, 7) is 0. The molecule has 10 rings (SSSR count). The summed E-state index contributed by atoms with van der Waals surface area (Å²) in [5.74, 6) is 1.98. The fourth-order valence-electron chi connectivity index (χ4n) is 7.00. The molecule has 0 radical (unpaired) electrons. The topological polar surface area (TPSA) is 38.7 Å². The molecule has 0 aliphatic rings. The summed E-state index contributed by atoms with van der Waals surface area (Å²) < 4.78 is 5.00. The Hall–Kier alpha value is -6.01. The third-order valence-corrected chi connectivity index (χ3v) is 11.7. The predicted octanol–water partition coefficient (Wildman–Crippen LogP) is 12.9. The number of hydrogen-bond donors (Lipinski definition) is 0. The molecular formula is C45H27N3S2. The van der Waals surface area contributed by atoms with Gasteiger partial charge in [0.25, 0.3) is 0 Å². The quantitative estimate of drug-likeness (QED) is 0.182. The molecule has 0 fully saturated rings. The van der Waals surface area contributed by atoms with Gasteiger partial charge in [-0.15, -0.1) is 22.7 Å². The minimum atomic E-state index is 0.650. The lowest BCUT2D eigenvalue weighted by molar-refractivity contribution is 1.08. The van der Waals surface area contributed by atoms with Crippen molar-refractivity contribution in [2.24, 2.45) is 0 Å². The third-order valence-electron chi connectivity index (χ3n) is 9.36. The molecule has 0 saturated carbocycles. The van der Waals surface area contributed by atoms with Crippen molar-refractivity contribution in [1.29, 1.82) is 0 Å². The van der Waals surface area contributed by atoms with Gasteiger partial charge >= 0.3 is 0 Å². The van der Waals surface area contributed by atoms with E-state index in [9.17, 15) is 0 Å². The van der Waals surface area contributed by atoms with Gasteiger partial charge in [-0.2, -0.15) is 0 Å². The highest BCUT2D eigenvalue weighted by Gasteiger charge is 2.19. The Kier molecular flexibility index (Phi) is 6.86. The lowest BCUT2D eigenvalue weighted by atomic mass is 9.95. The first kappa shape index (κ1) is 29.0. The van der Waals surface area contributed by atoms with Crippen LogP contribution in [0.15, 0.2) is 164 Å². The Morgan fingerprint density at radius 1 is 0.300 bits per heavy atom. The number of benzene rings is 7. The molecule has 0 aliphatic carbocycles. The Morgan fingerprint density at radius 3 is 1.72 bits per heavy atom. The highest BCUT2D eigenvalue weighted by molar-refractivity contribution is 7.26. The minimum Gasteiger partial charge on any atom is -0.208 e. The number of aromatic nitrogens is 3. The lowest BCUT2D eigenvalue weighted by Crippen LogP contribution is -2.01. The van der Waals surface area contributed by atoms with E-state index in [4.69, 9.17) is 15.0 Å². The fraction of sp³-hybridized carbons (Fsp3) is 0. The number of hydrogen-bond acceptors (Lipinski definition) is 5. The molecule has 0 aliphatic heterocycles. The molecule has 234 valence electrons. The average Bonchev–Trinajstić information content (AvgIpc) is 3.76. The molecule has 7 aromatic carbocycles. The number of fused-ring (bicyclic) bond motifs is 6. The Balaban J connectivity index is 1.21. The van der Waals surface area contributed by atoms with Crippen LogP contribution in [0.5, 0.6) is 0 Å². The SMILES string of the molecule is c1ccc(-c2cccc(-c3ccccc3-c3nc(-c4ccc5sc6ccccc6c5c4)nc(-c4cccc5sc6ccccc6c45)n3)c2)cc1. The molecule has 0 bridgehead atoms. The van der Waals surface area contributed by atoms with Crippen molar-refractivity contribution in [1.82, 2.24) is 15.0 Å². The van der Waals surface area contributed by atoms with Crippen molar-refractivity contribution in [3.8, 4) is 56.4 Å². The van der Waals surface area contributed by atoms with E-state index in [0.717, 1.165) is 27.8 Å². The van der Waals surface area contributed by atoms with Crippen LogP contribution < -0.4 is 0 Å². The molecule has 0 saturated heterocycles. The highest BCUT2D eigenvalue weighted by Crippen LogP contribution is 2.41. The monoisotopic (exact) mass is 673 g/mol. The molecule has 0 spiro atoms. The maximum atomic E-state index is 5.29. The number of nitrogens with zero attached hydrogens (tertiary/aromatic N) is 3. The molecule has 10 aromatic rings. The molecule has 3 aromatic heterocycles. The van der Waals surface area contributed by atoms with E-state index < -0.39 is 0 Å². The van der Waals surface area contributed by atoms with Crippen LogP contribution in [0.2, 0.25) is 0 Å². The van der Waals surface area contributed by atoms with Crippen molar-refractivity contribution < 1.29 is 0 Å². The van der Waals surface area contributed by atoms with Crippen molar-refractivity contribution in [3.63, 3.8) is 0 Å². The fourth-order valence-corrected chi connectivity index (χ4v) is 9.22. The van der Waals surface area contributed by atoms with Crippen LogP contribution in [0.25, 0.3) is 96.8 Å². The van der Waals surface area contributed by atoms with E-state index in [1.54, 1.807) is 11.3 Å². The second kappa shape index (κ2) is 11.8. The number of rotatable bonds is 5. The standard InChI is InChI=1S/C45H27N3S2/c1-2-12-28(13-3-1)29-14-10-15-30(26-29)32-16-4-5-18-34(32)44-46-43(31-24-25-40-37(27-31)33-17-6-8-21-38(33)49-40)47-45(48-44)36-20-11-23-41-42(36)35-19-7-9-22-39(35)50-41/h1-27H. The van der Waals surface area contributed by atoms with E-state index in [1.165, 1.54) is 51.5 Å². The van der Waals surface area contributed by atoms with Crippen LogP contribution in [0, 0.1) is 0 Å². The van der Waals surface area contributed by atoms with Gasteiger partial charge in [-0.3, -0.25) is 0 Å². The Morgan fingerprint density at radius 2 is 0.860 bits per heavy atom. The van der Waals surface area contributed by atoms with E-state index in [2.05, 4.69) is 164 Å². The van der Waals surface area contributed by atoms with Gasteiger partial charge in [0.1, 0.15) is 0 Å². The second-order valence-electron chi connectivity index (χ2n) is 12.4. The van der Waals surface area contributed by atoms with E-state index >= 15 is 0 Å². The normalized spacial score (nSPS) is 11.6. The summed E-state index contributed by atoms with van der Waals surface area (Å²) in [7, 11) is 0. The van der Waals surface area contributed by atoms with Gasteiger partial charge in [0.2, 0.25) is 0 Å². The molecule has 0 unspecified atom stereocenters. The summed E-state index contributed by atoms with van der Waals surface area (Å²) in [6, 6.07) is 57.9. The molecule has 0 N–H and O–H groups in total. The highest BCUT2D eigenvalue weighted by atomic mass is 32.1. The number of thiophene rings is 2. The Labute approximate surface area is 296 Å². The van der Waals surface area contributed by atoms with Crippen LogP contribution in [0.1, 0.15) is 0 Å². The molecule has 3 heterocycles. The van der Waals surface area contributed by atoms with Gasteiger partial charge in [-0.1, -0.05) is 121 Å². The van der Waals surface area contributed by atoms with Crippen LogP contribution in [-0.4, -0.2) is 15.0 Å². The summed E-state index contributed by atoms with van der Waals surface area (Å²) >= 11 is 3.62. The smallest absolute Gasteiger partial charge is 0.164 e. The van der Waals surface area contributed by atoms with E-state index in [0.29, 0.717) is 17.5 Å². The first-order valence-electron chi connectivity index (χ1n) is 16.6. The van der Waals surface area contributed by atoms with Gasteiger partial charge in [0.15, 0.2) is 17.5 Å². The van der Waals surface area contributed by atoms with Crippen molar-refractivity contribution in [3.05, 3.63) is 164 Å². The molecule has 0 amide bonds. The zero-order valence-electron chi connectivity index (χ0n) is 26.7. The van der Waals surface area contributed by atoms with Gasteiger partial charge in [-0.25, -0.2) is 15.0 Å². The molecule has 5 heteroatoms. The zero-order chi connectivity index (χ0) is 33.0. The van der Waals surface area contributed by atoms with Gasteiger partial charge in [0.05, 0.1) is 0 Å². The maximum Gasteiger partial charge on any atom is 0.164 e. The zero-order valence-corrected chi connectivity index (χ0v) is 28.4. The van der Waals surface area contributed by atoms with Crippen molar-refractivity contribution in [2.45, 2.75) is 0 Å². The molecule has 50 heavy (non-hydrogen) atoms.